The molecule has 1 aliphatic rings. The molecule has 4 rings (SSSR count). The minimum Gasteiger partial charge on any atom is -0.462 e. The van der Waals surface area contributed by atoms with E-state index < -0.39 is 5.97 Å². The molecule has 1 atom stereocenters. The van der Waals surface area contributed by atoms with Crippen molar-refractivity contribution in [1.29, 1.82) is 0 Å². The summed E-state index contributed by atoms with van der Waals surface area (Å²) >= 11 is 0. The lowest BCUT2D eigenvalue weighted by Crippen LogP contribution is -2.18. The normalized spacial score (nSPS) is 16.3. The van der Waals surface area contributed by atoms with Gasteiger partial charge in [-0.25, -0.2) is 14.8 Å². The molecular formula is C20H21N3O3. The fraction of sp³-hybridized carbons (Fsp3) is 0.350. The predicted octanol–water partition coefficient (Wildman–Crippen LogP) is 4.20. The molecule has 0 spiro atoms. The van der Waals surface area contributed by atoms with Gasteiger partial charge in [0.1, 0.15) is 23.5 Å². The van der Waals surface area contributed by atoms with Gasteiger partial charge in [-0.15, -0.1) is 0 Å². The lowest BCUT2D eigenvalue weighted by Gasteiger charge is -2.27. The highest BCUT2D eigenvalue weighted by Gasteiger charge is 2.26. The summed E-state index contributed by atoms with van der Waals surface area (Å²) in [6.45, 7) is 3.83. The second kappa shape index (κ2) is 6.78. The number of ether oxygens (including phenoxy) is 1. The molecule has 26 heavy (non-hydrogen) atoms. The van der Waals surface area contributed by atoms with E-state index in [4.69, 9.17) is 9.15 Å². The van der Waals surface area contributed by atoms with Gasteiger partial charge in [0.05, 0.1) is 18.0 Å². The van der Waals surface area contributed by atoms with Crippen LogP contribution in [0.5, 0.6) is 0 Å². The quantitative estimate of drug-likeness (QED) is 0.710. The average Bonchev–Trinajstić information content (AvgIpc) is 2.99. The Morgan fingerprint density at radius 2 is 2.19 bits per heavy atom. The van der Waals surface area contributed by atoms with Crippen LogP contribution in [0.15, 0.2) is 35.0 Å². The van der Waals surface area contributed by atoms with Crippen LogP contribution in [0.25, 0.3) is 11.1 Å². The van der Waals surface area contributed by atoms with Crippen molar-refractivity contribution >= 4 is 22.9 Å². The molecule has 6 nitrogen and oxygen atoms in total. The van der Waals surface area contributed by atoms with Crippen LogP contribution in [-0.4, -0.2) is 22.5 Å². The van der Waals surface area contributed by atoms with Crippen LogP contribution >= 0.6 is 0 Å². The van der Waals surface area contributed by atoms with Crippen LogP contribution in [0.3, 0.4) is 0 Å². The standard InChI is InChI=1S/C20H21N3O3/c1-3-25-20(24)16-12(2)26-19-17(16)18(21-11-22-19)23-15-10-6-8-13-7-4-5-9-14(13)15/h4-5,7,9,11,15H,3,6,8,10H2,1-2H3,(H,21,22,23)/t15-/m0/s1. The lowest BCUT2D eigenvalue weighted by atomic mass is 9.87. The van der Waals surface area contributed by atoms with Crippen molar-refractivity contribution in [3.63, 3.8) is 0 Å². The number of aryl methyl sites for hydroxylation is 2. The van der Waals surface area contributed by atoms with Crippen LogP contribution in [0.4, 0.5) is 5.82 Å². The molecule has 1 aromatic carbocycles. The number of esters is 1. The van der Waals surface area contributed by atoms with Gasteiger partial charge in [-0.3, -0.25) is 0 Å². The largest absolute Gasteiger partial charge is 0.462 e. The Morgan fingerprint density at radius 3 is 3.04 bits per heavy atom. The third-order valence-corrected chi connectivity index (χ3v) is 4.82. The average molecular weight is 351 g/mol. The number of anilines is 1. The highest BCUT2D eigenvalue weighted by atomic mass is 16.5. The van der Waals surface area contributed by atoms with E-state index in [9.17, 15) is 4.79 Å². The maximum Gasteiger partial charge on any atom is 0.342 e. The summed E-state index contributed by atoms with van der Waals surface area (Å²) in [6, 6.07) is 8.59. The minimum absolute atomic E-state index is 0.142. The van der Waals surface area contributed by atoms with E-state index in [0.717, 1.165) is 19.3 Å². The van der Waals surface area contributed by atoms with Gasteiger partial charge in [-0.2, -0.15) is 0 Å². The number of rotatable bonds is 4. The molecule has 0 radical (unpaired) electrons. The number of hydrogen-bond donors (Lipinski definition) is 1. The van der Waals surface area contributed by atoms with Gasteiger partial charge in [0.25, 0.3) is 0 Å². The van der Waals surface area contributed by atoms with Crippen LogP contribution < -0.4 is 5.32 Å². The van der Waals surface area contributed by atoms with Gasteiger partial charge < -0.3 is 14.5 Å². The highest BCUT2D eigenvalue weighted by molar-refractivity contribution is 6.07. The van der Waals surface area contributed by atoms with E-state index in [1.165, 1.54) is 17.5 Å². The lowest BCUT2D eigenvalue weighted by molar-refractivity contribution is 0.0526. The minimum atomic E-state index is -0.411. The van der Waals surface area contributed by atoms with Crippen molar-refractivity contribution in [1.82, 2.24) is 9.97 Å². The maximum atomic E-state index is 12.4. The highest BCUT2D eigenvalue weighted by Crippen LogP contribution is 2.35. The second-order valence-corrected chi connectivity index (χ2v) is 6.44. The first kappa shape index (κ1) is 16.6. The number of carbonyl (C=O) groups is 1. The topological polar surface area (TPSA) is 77.2 Å². The Labute approximate surface area is 151 Å². The SMILES string of the molecule is CCOC(=O)c1c(C)oc2ncnc(N[C@H]3CCCc4ccccc43)c12. The van der Waals surface area contributed by atoms with Crippen molar-refractivity contribution in [2.45, 2.75) is 39.2 Å². The van der Waals surface area contributed by atoms with Crippen LogP contribution in [0, 0.1) is 6.92 Å². The van der Waals surface area contributed by atoms with E-state index in [-0.39, 0.29) is 6.04 Å². The zero-order valence-corrected chi connectivity index (χ0v) is 14.9. The van der Waals surface area contributed by atoms with E-state index in [0.29, 0.717) is 34.8 Å². The van der Waals surface area contributed by atoms with Crippen molar-refractivity contribution in [3.05, 3.63) is 53.0 Å². The number of hydrogen-bond acceptors (Lipinski definition) is 6. The number of aromatic nitrogens is 2. The van der Waals surface area contributed by atoms with Crippen LogP contribution in [0.2, 0.25) is 0 Å². The first-order valence-corrected chi connectivity index (χ1v) is 8.94. The molecule has 0 fully saturated rings. The van der Waals surface area contributed by atoms with Gasteiger partial charge >= 0.3 is 5.97 Å². The van der Waals surface area contributed by atoms with E-state index in [1.54, 1.807) is 13.8 Å². The molecule has 0 saturated carbocycles. The molecule has 2 aromatic heterocycles. The molecule has 0 saturated heterocycles. The number of benzene rings is 1. The molecular weight excluding hydrogens is 330 g/mol. The molecule has 134 valence electrons. The molecule has 0 aliphatic heterocycles. The Bertz CT molecular complexity index is 964. The van der Waals surface area contributed by atoms with Crippen LogP contribution in [0.1, 0.15) is 53.1 Å². The number of nitrogens with one attached hydrogen (secondary N) is 1. The first-order valence-electron chi connectivity index (χ1n) is 8.94. The number of nitrogens with zero attached hydrogens (tertiary/aromatic N) is 2. The number of fused-ring (bicyclic) bond motifs is 2. The van der Waals surface area contributed by atoms with Crippen molar-refractivity contribution < 1.29 is 13.9 Å². The van der Waals surface area contributed by atoms with Crippen molar-refractivity contribution in [2.24, 2.45) is 0 Å². The maximum absolute atomic E-state index is 12.4. The third-order valence-electron chi connectivity index (χ3n) is 4.82. The zero-order valence-electron chi connectivity index (χ0n) is 14.9. The summed E-state index contributed by atoms with van der Waals surface area (Å²) in [6.07, 6.45) is 4.66. The molecule has 0 unspecified atom stereocenters. The van der Waals surface area contributed by atoms with Crippen LogP contribution in [-0.2, 0) is 11.2 Å². The third kappa shape index (κ3) is 2.81. The Kier molecular flexibility index (Phi) is 4.32. The summed E-state index contributed by atoms with van der Waals surface area (Å²) in [7, 11) is 0. The summed E-state index contributed by atoms with van der Waals surface area (Å²) in [5.41, 5.74) is 3.43. The first-order chi connectivity index (χ1) is 12.7. The van der Waals surface area contributed by atoms with E-state index >= 15 is 0 Å². The molecule has 0 amide bonds. The molecule has 2 heterocycles. The van der Waals surface area contributed by atoms with Gasteiger partial charge in [0.15, 0.2) is 0 Å². The van der Waals surface area contributed by atoms with Gasteiger partial charge in [-0.05, 0) is 44.2 Å². The fourth-order valence-electron chi connectivity index (χ4n) is 3.67. The predicted molar refractivity (Wildman–Crippen MR) is 98.2 cm³/mol. The molecule has 1 N–H and O–H groups in total. The van der Waals surface area contributed by atoms with Gasteiger partial charge in [0, 0.05) is 0 Å². The summed E-state index contributed by atoms with van der Waals surface area (Å²) in [5, 5.41) is 4.10. The van der Waals surface area contributed by atoms with E-state index in [1.807, 2.05) is 0 Å². The monoisotopic (exact) mass is 351 g/mol. The molecule has 3 aromatic rings. The van der Waals surface area contributed by atoms with Gasteiger partial charge in [-0.1, -0.05) is 24.3 Å². The smallest absolute Gasteiger partial charge is 0.342 e. The number of carbonyl (C=O) groups excluding carboxylic acids is 1. The Balaban J connectivity index is 1.77. The Hall–Kier alpha value is -2.89. The summed E-state index contributed by atoms with van der Waals surface area (Å²) in [4.78, 5) is 21.0. The van der Waals surface area contributed by atoms with Crippen molar-refractivity contribution in [2.75, 3.05) is 11.9 Å². The second-order valence-electron chi connectivity index (χ2n) is 6.44. The van der Waals surface area contributed by atoms with E-state index in [2.05, 4.69) is 39.6 Å². The Morgan fingerprint density at radius 1 is 1.35 bits per heavy atom. The zero-order chi connectivity index (χ0) is 18.1. The van der Waals surface area contributed by atoms with Crippen molar-refractivity contribution in [3.8, 4) is 0 Å². The summed E-state index contributed by atoms with van der Waals surface area (Å²) in [5.74, 6) is 0.688. The fourth-order valence-corrected chi connectivity index (χ4v) is 3.67. The molecule has 1 aliphatic carbocycles. The molecule has 0 bridgehead atoms. The summed E-state index contributed by atoms with van der Waals surface area (Å²) < 4.78 is 10.9. The molecule has 6 heteroatoms. The number of furan rings is 1. The van der Waals surface area contributed by atoms with Gasteiger partial charge in [0.2, 0.25) is 5.71 Å².